The van der Waals surface area contributed by atoms with E-state index in [0.717, 1.165) is 32.2 Å². The molecule has 0 saturated heterocycles. The van der Waals surface area contributed by atoms with Crippen molar-refractivity contribution < 1.29 is 9.53 Å². The van der Waals surface area contributed by atoms with Crippen LogP contribution in [-0.4, -0.2) is 23.0 Å². The number of amides is 1. The summed E-state index contributed by atoms with van der Waals surface area (Å²) in [4.78, 5) is 22.5. The van der Waals surface area contributed by atoms with Gasteiger partial charge in [-0.25, -0.2) is 9.97 Å². The molecule has 2 heterocycles. The van der Waals surface area contributed by atoms with Crippen molar-refractivity contribution in [2.45, 2.75) is 6.92 Å². The fourth-order valence-electron chi connectivity index (χ4n) is 2.82. The number of carbonyl (C=O) groups excluding carboxylic acids is 1. The van der Waals surface area contributed by atoms with Gasteiger partial charge < -0.3 is 10.1 Å². The Morgan fingerprint density at radius 3 is 2.63 bits per heavy atom. The van der Waals surface area contributed by atoms with E-state index in [0.29, 0.717) is 11.3 Å². The summed E-state index contributed by atoms with van der Waals surface area (Å²) in [7, 11) is 1.60. The Labute approximate surface area is 160 Å². The second-order valence-corrected chi connectivity index (χ2v) is 6.98. The summed E-state index contributed by atoms with van der Waals surface area (Å²) in [6.45, 7) is 1.98. The van der Waals surface area contributed by atoms with Crippen LogP contribution in [0, 0.1) is 6.92 Å². The molecule has 0 aliphatic carbocycles. The predicted octanol–water partition coefficient (Wildman–Crippen LogP) is 4.93. The van der Waals surface area contributed by atoms with Gasteiger partial charge in [0.05, 0.1) is 7.11 Å². The number of anilines is 1. The van der Waals surface area contributed by atoms with Crippen molar-refractivity contribution in [2.24, 2.45) is 0 Å². The first-order valence-electron chi connectivity index (χ1n) is 8.42. The Kier molecular flexibility index (Phi) is 4.56. The van der Waals surface area contributed by atoms with Crippen molar-refractivity contribution in [3.05, 3.63) is 71.9 Å². The molecular weight excluding hydrogens is 358 g/mol. The van der Waals surface area contributed by atoms with Crippen molar-refractivity contribution in [3.63, 3.8) is 0 Å². The molecule has 6 heteroatoms. The van der Waals surface area contributed by atoms with E-state index in [-0.39, 0.29) is 5.91 Å². The van der Waals surface area contributed by atoms with Crippen LogP contribution in [0.5, 0.6) is 5.75 Å². The van der Waals surface area contributed by atoms with Gasteiger partial charge in [0, 0.05) is 23.0 Å². The van der Waals surface area contributed by atoms with Gasteiger partial charge in [-0.3, -0.25) is 4.79 Å². The van der Waals surface area contributed by atoms with Gasteiger partial charge in [-0.1, -0.05) is 23.5 Å². The van der Waals surface area contributed by atoms with E-state index in [1.54, 1.807) is 48.9 Å². The van der Waals surface area contributed by atoms with Crippen LogP contribution in [0.1, 0.15) is 15.9 Å². The zero-order valence-corrected chi connectivity index (χ0v) is 15.7. The Balaban J connectivity index is 1.64. The highest BCUT2D eigenvalue weighted by molar-refractivity contribution is 7.21. The lowest BCUT2D eigenvalue weighted by molar-refractivity contribution is 0.102. The topological polar surface area (TPSA) is 64.1 Å². The largest absolute Gasteiger partial charge is 0.497 e. The first kappa shape index (κ1) is 17.2. The van der Waals surface area contributed by atoms with E-state index >= 15 is 0 Å². The third-order valence-electron chi connectivity index (χ3n) is 4.33. The molecule has 0 fully saturated rings. The van der Waals surface area contributed by atoms with Crippen molar-refractivity contribution in [3.8, 4) is 16.3 Å². The summed E-state index contributed by atoms with van der Waals surface area (Å²) in [5, 5.41) is 3.88. The van der Waals surface area contributed by atoms with E-state index in [4.69, 9.17) is 4.74 Å². The molecule has 1 N–H and O–H groups in total. The molecule has 4 aromatic rings. The fraction of sp³-hybridized carbons (Fsp3) is 0.0952. The number of hydrogen-bond donors (Lipinski definition) is 1. The number of pyridine rings is 1. The molecular formula is C21H17N3O2S. The molecule has 0 bridgehead atoms. The maximum absolute atomic E-state index is 12.6. The van der Waals surface area contributed by atoms with Gasteiger partial charge >= 0.3 is 0 Å². The van der Waals surface area contributed by atoms with Gasteiger partial charge in [-0.05, 0) is 55.0 Å². The number of aromatic nitrogens is 2. The lowest BCUT2D eigenvalue weighted by Gasteiger charge is -2.11. The Bertz CT molecular complexity index is 1090. The lowest BCUT2D eigenvalue weighted by atomic mass is 10.1. The summed E-state index contributed by atoms with van der Waals surface area (Å²) < 4.78 is 5.13. The zero-order valence-electron chi connectivity index (χ0n) is 14.9. The fourth-order valence-corrected chi connectivity index (χ4v) is 3.81. The number of ether oxygens (including phenoxy) is 1. The first-order valence-corrected chi connectivity index (χ1v) is 9.24. The van der Waals surface area contributed by atoms with E-state index in [2.05, 4.69) is 15.3 Å². The van der Waals surface area contributed by atoms with E-state index in [1.165, 1.54) is 0 Å². The quantitative estimate of drug-likeness (QED) is 0.549. The van der Waals surface area contributed by atoms with Crippen LogP contribution in [0.4, 0.5) is 5.69 Å². The molecule has 134 valence electrons. The molecule has 0 atom stereocenters. The highest BCUT2D eigenvalue weighted by Crippen LogP contribution is 2.33. The number of methoxy groups -OCH3 is 1. The van der Waals surface area contributed by atoms with E-state index < -0.39 is 0 Å². The Morgan fingerprint density at radius 2 is 1.89 bits per heavy atom. The second kappa shape index (κ2) is 7.17. The number of nitrogens with one attached hydrogen (secondary N) is 1. The minimum Gasteiger partial charge on any atom is -0.497 e. The van der Waals surface area contributed by atoms with Gasteiger partial charge in [0.25, 0.3) is 5.91 Å². The maximum atomic E-state index is 12.6. The number of benzene rings is 2. The zero-order chi connectivity index (χ0) is 18.8. The number of nitrogens with zero attached hydrogens (tertiary/aromatic N) is 2. The maximum Gasteiger partial charge on any atom is 0.255 e. The van der Waals surface area contributed by atoms with Gasteiger partial charge in [-0.15, -0.1) is 0 Å². The highest BCUT2D eigenvalue weighted by Gasteiger charge is 2.14. The molecule has 0 spiro atoms. The normalized spacial score (nSPS) is 10.7. The second-order valence-electron chi connectivity index (χ2n) is 6.01. The van der Waals surface area contributed by atoms with Gasteiger partial charge in [-0.2, -0.15) is 0 Å². The van der Waals surface area contributed by atoms with Crippen LogP contribution in [0.2, 0.25) is 0 Å². The van der Waals surface area contributed by atoms with E-state index in [9.17, 15) is 4.79 Å². The molecule has 0 radical (unpaired) electrons. The number of thiazole rings is 1. The summed E-state index contributed by atoms with van der Waals surface area (Å²) in [5.41, 5.74) is 4.18. The molecule has 2 aromatic heterocycles. The van der Waals surface area contributed by atoms with Crippen LogP contribution >= 0.6 is 11.3 Å². The molecule has 5 nitrogen and oxygen atoms in total. The third kappa shape index (κ3) is 3.39. The third-order valence-corrected chi connectivity index (χ3v) is 5.34. The molecule has 0 aliphatic heterocycles. The standard InChI is InChI=1S/C21H17N3O2S/c1-13-16(20-24-18-7-4-12-22-21(18)27-20)5-3-6-17(13)23-19(25)14-8-10-15(26-2)11-9-14/h3-12H,1-2H3,(H,23,25). The Morgan fingerprint density at radius 1 is 1.07 bits per heavy atom. The van der Waals surface area contributed by atoms with Gasteiger partial charge in [0.15, 0.2) is 0 Å². The summed E-state index contributed by atoms with van der Waals surface area (Å²) in [6, 6.07) is 16.7. The minimum atomic E-state index is -0.163. The summed E-state index contributed by atoms with van der Waals surface area (Å²) in [6.07, 6.45) is 1.77. The molecule has 2 aromatic carbocycles. The highest BCUT2D eigenvalue weighted by atomic mass is 32.1. The first-order chi connectivity index (χ1) is 13.2. The average molecular weight is 375 g/mol. The molecule has 0 unspecified atom stereocenters. The van der Waals surface area contributed by atoms with Crippen molar-refractivity contribution >= 4 is 33.3 Å². The van der Waals surface area contributed by atoms with Gasteiger partial charge in [0.2, 0.25) is 0 Å². The molecule has 1 amide bonds. The Hall–Kier alpha value is -3.25. The number of fused-ring (bicyclic) bond motifs is 1. The van der Waals surface area contributed by atoms with Crippen LogP contribution in [0.15, 0.2) is 60.8 Å². The van der Waals surface area contributed by atoms with Crippen LogP contribution in [-0.2, 0) is 0 Å². The van der Waals surface area contributed by atoms with Crippen molar-refractivity contribution in [1.29, 1.82) is 0 Å². The minimum absolute atomic E-state index is 0.163. The van der Waals surface area contributed by atoms with Crippen LogP contribution < -0.4 is 10.1 Å². The van der Waals surface area contributed by atoms with E-state index in [1.807, 2.05) is 37.3 Å². The van der Waals surface area contributed by atoms with Gasteiger partial charge in [0.1, 0.15) is 21.1 Å². The number of carbonyl (C=O) groups is 1. The predicted molar refractivity (Wildman–Crippen MR) is 109 cm³/mol. The number of rotatable bonds is 4. The molecule has 0 saturated carbocycles. The smallest absolute Gasteiger partial charge is 0.255 e. The average Bonchev–Trinajstić information content (AvgIpc) is 3.13. The molecule has 0 aliphatic rings. The molecule has 4 rings (SSSR count). The summed E-state index contributed by atoms with van der Waals surface area (Å²) >= 11 is 1.54. The molecule has 27 heavy (non-hydrogen) atoms. The lowest BCUT2D eigenvalue weighted by Crippen LogP contribution is -2.12. The number of hydrogen-bond acceptors (Lipinski definition) is 5. The van der Waals surface area contributed by atoms with Crippen LogP contribution in [0.25, 0.3) is 20.9 Å². The SMILES string of the molecule is COc1ccc(C(=O)Nc2cccc(-c3nc4cccnc4s3)c2C)cc1. The van der Waals surface area contributed by atoms with Crippen molar-refractivity contribution in [2.75, 3.05) is 12.4 Å². The summed E-state index contributed by atoms with van der Waals surface area (Å²) in [5.74, 6) is 0.554. The van der Waals surface area contributed by atoms with Crippen LogP contribution in [0.3, 0.4) is 0 Å². The van der Waals surface area contributed by atoms with Crippen molar-refractivity contribution in [1.82, 2.24) is 9.97 Å². The monoisotopic (exact) mass is 375 g/mol.